The summed E-state index contributed by atoms with van der Waals surface area (Å²) in [6, 6.07) is 3.61. The number of aryl methyl sites for hydroxylation is 1. The van der Waals surface area contributed by atoms with Gasteiger partial charge in [-0.1, -0.05) is 19.3 Å². The van der Waals surface area contributed by atoms with Crippen LogP contribution in [0.4, 0.5) is 0 Å². The van der Waals surface area contributed by atoms with E-state index >= 15 is 0 Å². The van der Waals surface area contributed by atoms with E-state index in [9.17, 15) is 5.11 Å². The van der Waals surface area contributed by atoms with Crippen molar-refractivity contribution in [3.8, 4) is 5.75 Å². The molecule has 17 heavy (non-hydrogen) atoms. The number of aromatic hydroxyl groups is 1. The lowest BCUT2D eigenvalue weighted by molar-refractivity contribution is 0.234. The van der Waals surface area contributed by atoms with E-state index in [1.54, 1.807) is 6.07 Å². The molecule has 0 unspecified atom stereocenters. The van der Waals surface area contributed by atoms with E-state index < -0.39 is 0 Å². The molecule has 0 aliphatic carbocycles. The molecule has 0 bridgehead atoms. The summed E-state index contributed by atoms with van der Waals surface area (Å²) in [5, 5.41) is 9.80. The Morgan fingerprint density at radius 1 is 1.12 bits per heavy atom. The minimum absolute atomic E-state index is 0.331. The number of pyridine rings is 1. The number of aromatic nitrogens is 1. The van der Waals surface area contributed by atoms with Crippen molar-refractivity contribution in [1.82, 2.24) is 9.88 Å². The predicted molar refractivity (Wildman–Crippen MR) is 69.0 cm³/mol. The first-order valence-corrected chi connectivity index (χ1v) is 6.63. The Morgan fingerprint density at radius 2 is 1.76 bits per heavy atom. The van der Waals surface area contributed by atoms with Gasteiger partial charge in [-0.2, -0.15) is 0 Å². The van der Waals surface area contributed by atoms with Gasteiger partial charge < -0.3 is 5.11 Å². The maximum absolute atomic E-state index is 9.80. The second-order valence-corrected chi connectivity index (χ2v) is 4.96. The lowest BCUT2D eigenvalue weighted by Crippen LogP contribution is -2.27. The van der Waals surface area contributed by atoms with E-state index in [2.05, 4.69) is 9.88 Å². The maximum Gasteiger partial charge on any atom is 0.138 e. The third-order valence-electron chi connectivity index (χ3n) is 3.41. The van der Waals surface area contributed by atoms with Crippen molar-refractivity contribution < 1.29 is 5.11 Å². The first-order chi connectivity index (χ1) is 8.25. The fraction of sp³-hybridized carbons (Fsp3) is 0.643. The molecule has 0 atom stereocenters. The van der Waals surface area contributed by atoms with E-state index in [1.165, 1.54) is 32.1 Å². The number of hydrogen-bond acceptors (Lipinski definition) is 3. The van der Waals surface area contributed by atoms with Crippen molar-refractivity contribution in [1.29, 1.82) is 0 Å². The number of nitrogens with zero attached hydrogens (tertiary/aromatic N) is 2. The van der Waals surface area contributed by atoms with Crippen LogP contribution in [0.2, 0.25) is 0 Å². The Balaban J connectivity index is 2.00. The van der Waals surface area contributed by atoms with Crippen LogP contribution in [0.15, 0.2) is 12.1 Å². The molecule has 1 aromatic rings. The van der Waals surface area contributed by atoms with Crippen molar-refractivity contribution in [2.75, 3.05) is 13.1 Å². The Bertz CT molecular complexity index is 357. The summed E-state index contributed by atoms with van der Waals surface area (Å²) in [6.45, 7) is 5.02. The van der Waals surface area contributed by atoms with Gasteiger partial charge in [0.25, 0.3) is 0 Å². The van der Waals surface area contributed by atoms with E-state index in [0.29, 0.717) is 5.75 Å². The highest BCUT2D eigenvalue weighted by Gasteiger charge is 2.12. The molecule has 1 aromatic heterocycles. The summed E-state index contributed by atoms with van der Waals surface area (Å²) >= 11 is 0. The summed E-state index contributed by atoms with van der Waals surface area (Å²) < 4.78 is 0. The van der Waals surface area contributed by atoms with E-state index in [4.69, 9.17) is 0 Å². The fourth-order valence-electron chi connectivity index (χ4n) is 2.40. The SMILES string of the molecule is Cc1ccc(O)c(CN2CCCCCCC2)n1. The Labute approximate surface area is 103 Å². The summed E-state index contributed by atoms with van der Waals surface area (Å²) in [6.07, 6.45) is 6.59. The summed E-state index contributed by atoms with van der Waals surface area (Å²) in [7, 11) is 0. The standard InChI is InChI=1S/C14H22N2O/c1-12-7-8-14(17)13(15-12)11-16-9-5-3-2-4-6-10-16/h7-8,17H,2-6,9-11H2,1H3. The monoisotopic (exact) mass is 234 g/mol. The lowest BCUT2D eigenvalue weighted by Gasteiger charge is -2.24. The molecule has 1 saturated heterocycles. The molecular formula is C14H22N2O. The molecule has 0 spiro atoms. The van der Waals surface area contributed by atoms with Crippen LogP contribution >= 0.6 is 0 Å². The van der Waals surface area contributed by atoms with Crippen molar-refractivity contribution in [2.24, 2.45) is 0 Å². The van der Waals surface area contributed by atoms with Gasteiger partial charge in [-0.15, -0.1) is 0 Å². The molecule has 0 saturated carbocycles. The zero-order valence-electron chi connectivity index (χ0n) is 10.7. The van der Waals surface area contributed by atoms with Crippen molar-refractivity contribution in [3.63, 3.8) is 0 Å². The first kappa shape index (κ1) is 12.4. The lowest BCUT2D eigenvalue weighted by atomic mass is 10.1. The van der Waals surface area contributed by atoms with Gasteiger partial charge in [0.05, 0.1) is 5.69 Å². The molecule has 1 fully saturated rings. The fourth-order valence-corrected chi connectivity index (χ4v) is 2.40. The quantitative estimate of drug-likeness (QED) is 0.854. The molecule has 0 radical (unpaired) electrons. The highest BCUT2D eigenvalue weighted by atomic mass is 16.3. The van der Waals surface area contributed by atoms with Crippen LogP contribution in [-0.4, -0.2) is 28.1 Å². The van der Waals surface area contributed by atoms with Crippen LogP contribution in [0.1, 0.15) is 43.5 Å². The molecule has 2 heterocycles. The van der Waals surface area contributed by atoms with E-state index in [1.807, 2.05) is 13.0 Å². The normalized spacial score (nSPS) is 18.6. The topological polar surface area (TPSA) is 36.4 Å². The highest BCUT2D eigenvalue weighted by molar-refractivity contribution is 5.27. The Kier molecular flexibility index (Phi) is 4.37. The third-order valence-corrected chi connectivity index (χ3v) is 3.41. The van der Waals surface area contributed by atoms with Crippen LogP contribution in [0, 0.1) is 6.92 Å². The largest absolute Gasteiger partial charge is 0.506 e. The smallest absolute Gasteiger partial charge is 0.138 e. The second kappa shape index (κ2) is 6.01. The Hall–Kier alpha value is -1.09. The number of likely N-dealkylation sites (tertiary alicyclic amines) is 1. The summed E-state index contributed by atoms with van der Waals surface area (Å²) in [5.41, 5.74) is 1.80. The molecule has 1 N–H and O–H groups in total. The van der Waals surface area contributed by atoms with Crippen LogP contribution in [0.3, 0.4) is 0 Å². The molecule has 2 rings (SSSR count). The van der Waals surface area contributed by atoms with Crippen molar-refractivity contribution >= 4 is 0 Å². The van der Waals surface area contributed by atoms with Gasteiger partial charge in [-0.05, 0) is 45.0 Å². The van der Waals surface area contributed by atoms with Gasteiger partial charge in [-0.25, -0.2) is 0 Å². The zero-order valence-corrected chi connectivity index (χ0v) is 10.7. The molecule has 0 amide bonds. The van der Waals surface area contributed by atoms with Gasteiger partial charge in [0.15, 0.2) is 0 Å². The summed E-state index contributed by atoms with van der Waals surface area (Å²) in [5.74, 6) is 0.331. The molecule has 3 heteroatoms. The van der Waals surface area contributed by atoms with Crippen LogP contribution in [0.25, 0.3) is 0 Å². The minimum atomic E-state index is 0.331. The van der Waals surface area contributed by atoms with E-state index in [-0.39, 0.29) is 0 Å². The zero-order chi connectivity index (χ0) is 12.1. The minimum Gasteiger partial charge on any atom is -0.506 e. The number of hydrogen-bond donors (Lipinski definition) is 1. The molecule has 3 nitrogen and oxygen atoms in total. The number of rotatable bonds is 2. The van der Waals surface area contributed by atoms with Crippen LogP contribution in [-0.2, 0) is 6.54 Å². The van der Waals surface area contributed by atoms with Crippen molar-refractivity contribution in [3.05, 3.63) is 23.5 Å². The predicted octanol–water partition coefficient (Wildman–Crippen LogP) is 2.86. The summed E-state index contributed by atoms with van der Waals surface area (Å²) in [4.78, 5) is 6.85. The average molecular weight is 234 g/mol. The molecule has 1 aliphatic rings. The molecular weight excluding hydrogens is 212 g/mol. The van der Waals surface area contributed by atoms with Gasteiger partial charge in [0, 0.05) is 12.2 Å². The average Bonchev–Trinajstić information content (AvgIpc) is 2.27. The molecule has 94 valence electrons. The highest BCUT2D eigenvalue weighted by Crippen LogP contribution is 2.19. The van der Waals surface area contributed by atoms with Gasteiger partial charge >= 0.3 is 0 Å². The molecule has 0 aromatic carbocycles. The maximum atomic E-state index is 9.80. The van der Waals surface area contributed by atoms with E-state index in [0.717, 1.165) is 31.0 Å². The second-order valence-electron chi connectivity index (χ2n) is 4.96. The first-order valence-electron chi connectivity index (χ1n) is 6.63. The Morgan fingerprint density at radius 3 is 2.47 bits per heavy atom. The third kappa shape index (κ3) is 3.70. The van der Waals surface area contributed by atoms with Gasteiger partial charge in [-0.3, -0.25) is 9.88 Å². The van der Waals surface area contributed by atoms with Crippen LogP contribution in [0.5, 0.6) is 5.75 Å². The van der Waals surface area contributed by atoms with Crippen molar-refractivity contribution in [2.45, 2.75) is 45.6 Å². The van der Waals surface area contributed by atoms with Crippen LogP contribution < -0.4 is 0 Å². The molecule has 1 aliphatic heterocycles. The van der Waals surface area contributed by atoms with Gasteiger partial charge in [0.2, 0.25) is 0 Å². The van der Waals surface area contributed by atoms with Gasteiger partial charge in [0.1, 0.15) is 5.75 Å².